The molecular formula is C21H31Cl2N3O2. The molecule has 0 spiro atoms. The Bertz CT molecular complexity index is 665. The van der Waals surface area contributed by atoms with Crippen LogP contribution in [0.4, 0.5) is 0 Å². The number of carbonyl (C=O) groups is 2. The van der Waals surface area contributed by atoms with Crippen LogP contribution in [0.3, 0.4) is 0 Å². The highest BCUT2D eigenvalue weighted by Gasteiger charge is 2.26. The van der Waals surface area contributed by atoms with Gasteiger partial charge in [0.25, 0.3) is 5.91 Å². The Labute approximate surface area is 179 Å². The Hall–Kier alpha value is -1.30. The van der Waals surface area contributed by atoms with Gasteiger partial charge in [0.1, 0.15) is 0 Å². The van der Waals surface area contributed by atoms with Crippen LogP contribution in [0, 0.1) is 11.8 Å². The highest BCUT2D eigenvalue weighted by Crippen LogP contribution is 2.23. The van der Waals surface area contributed by atoms with Gasteiger partial charge in [0, 0.05) is 43.2 Å². The van der Waals surface area contributed by atoms with Gasteiger partial charge in [-0.3, -0.25) is 9.59 Å². The number of halogens is 2. The Morgan fingerprint density at radius 3 is 2.64 bits per heavy atom. The molecule has 2 aliphatic rings. The summed E-state index contributed by atoms with van der Waals surface area (Å²) in [5.74, 6) is 1.21. The van der Waals surface area contributed by atoms with Gasteiger partial charge in [0.15, 0.2) is 0 Å². The fourth-order valence-electron chi connectivity index (χ4n) is 4.11. The predicted molar refractivity (Wildman–Crippen MR) is 115 cm³/mol. The first-order valence-electron chi connectivity index (χ1n) is 10.1. The number of hydrogen-bond acceptors (Lipinski definition) is 3. The minimum absolute atomic E-state index is 0. The number of nitrogens with zero attached hydrogens (tertiary/aromatic N) is 2. The number of amides is 2. The molecule has 2 saturated heterocycles. The smallest absolute Gasteiger partial charge is 0.253 e. The maximum absolute atomic E-state index is 12.8. The lowest BCUT2D eigenvalue weighted by Crippen LogP contribution is -2.39. The average molecular weight is 428 g/mol. The molecule has 0 radical (unpaired) electrons. The monoisotopic (exact) mass is 427 g/mol. The third-order valence-corrected chi connectivity index (χ3v) is 6.08. The van der Waals surface area contributed by atoms with E-state index in [0.29, 0.717) is 48.5 Å². The highest BCUT2D eigenvalue weighted by molar-refractivity contribution is 6.30. The summed E-state index contributed by atoms with van der Waals surface area (Å²) in [6, 6.07) is 7.06. The summed E-state index contributed by atoms with van der Waals surface area (Å²) in [4.78, 5) is 29.3. The molecule has 2 atom stereocenters. The van der Waals surface area contributed by atoms with Crippen molar-refractivity contribution in [2.24, 2.45) is 11.8 Å². The molecule has 1 N–H and O–H groups in total. The van der Waals surface area contributed by atoms with Gasteiger partial charge in [0.2, 0.25) is 5.91 Å². The Kier molecular flexibility index (Phi) is 9.06. The van der Waals surface area contributed by atoms with Crippen molar-refractivity contribution >= 4 is 35.8 Å². The van der Waals surface area contributed by atoms with E-state index in [1.165, 1.54) is 12.8 Å². The van der Waals surface area contributed by atoms with E-state index in [0.717, 1.165) is 26.1 Å². The predicted octanol–water partition coefficient (Wildman–Crippen LogP) is 3.46. The van der Waals surface area contributed by atoms with Gasteiger partial charge in [-0.05, 0) is 62.4 Å². The number of piperidine rings is 1. The third kappa shape index (κ3) is 6.10. The van der Waals surface area contributed by atoms with Crippen molar-refractivity contribution in [1.82, 2.24) is 15.1 Å². The van der Waals surface area contributed by atoms with Gasteiger partial charge in [-0.1, -0.05) is 24.6 Å². The molecule has 0 aliphatic carbocycles. The van der Waals surface area contributed by atoms with Crippen molar-refractivity contribution in [3.63, 3.8) is 0 Å². The van der Waals surface area contributed by atoms with Crippen LogP contribution in [0.5, 0.6) is 0 Å². The molecule has 2 amide bonds. The lowest BCUT2D eigenvalue weighted by atomic mass is 9.85. The van der Waals surface area contributed by atoms with E-state index in [2.05, 4.69) is 12.2 Å². The number of hydrogen-bond donors (Lipinski definition) is 1. The van der Waals surface area contributed by atoms with E-state index in [1.54, 1.807) is 24.3 Å². The van der Waals surface area contributed by atoms with Crippen LogP contribution < -0.4 is 5.32 Å². The van der Waals surface area contributed by atoms with Crippen LogP contribution >= 0.6 is 24.0 Å². The van der Waals surface area contributed by atoms with Crippen molar-refractivity contribution in [1.29, 1.82) is 0 Å². The minimum Gasteiger partial charge on any atom is -0.341 e. The molecule has 0 bridgehead atoms. The number of benzene rings is 1. The van der Waals surface area contributed by atoms with E-state index >= 15 is 0 Å². The molecule has 28 heavy (non-hydrogen) atoms. The van der Waals surface area contributed by atoms with Crippen LogP contribution in [0.25, 0.3) is 0 Å². The van der Waals surface area contributed by atoms with Crippen molar-refractivity contribution in [2.45, 2.75) is 32.6 Å². The molecule has 5 nitrogen and oxygen atoms in total. The lowest BCUT2D eigenvalue weighted by Gasteiger charge is -2.30. The molecule has 7 heteroatoms. The first-order valence-corrected chi connectivity index (χ1v) is 10.5. The molecule has 0 aromatic heterocycles. The van der Waals surface area contributed by atoms with Gasteiger partial charge in [0.05, 0.1) is 0 Å². The van der Waals surface area contributed by atoms with Gasteiger partial charge >= 0.3 is 0 Å². The molecule has 2 aliphatic heterocycles. The van der Waals surface area contributed by atoms with E-state index < -0.39 is 0 Å². The van der Waals surface area contributed by atoms with Gasteiger partial charge in [-0.2, -0.15) is 0 Å². The second kappa shape index (κ2) is 11.0. The maximum atomic E-state index is 12.8. The number of carbonyl (C=O) groups excluding carboxylic acids is 2. The fourth-order valence-corrected chi connectivity index (χ4v) is 4.30. The van der Waals surface area contributed by atoms with E-state index in [1.807, 2.05) is 9.80 Å². The molecule has 1 aromatic rings. The maximum Gasteiger partial charge on any atom is 0.253 e. The first kappa shape index (κ1) is 23.0. The molecule has 2 heterocycles. The van der Waals surface area contributed by atoms with E-state index in [9.17, 15) is 9.59 Å². The summed E-state index contributed by atoms with van der Waals surface area (Å²) in [6.07, 6.45) is 3.84. The van der Waals surface area contributed by atoms with Crippen molar-refractivity contribution in [3.05, 3.63) is 34.9 Å². The zero-order chi connectivity index (χ0) is 19.2. The SMILES string of the molecule is CC(CC(=O)N1CCCN(C(=O)c2cccc(Cl)c2)CC1)C1CCCNC1.Cl. The first-order chi connectivity index (χ1) is 13.0. The summed E-state index contributed by atoms with van der Waals surface area (Å²) in [5, 5.41) is 4.01. The molecule has 156 valence electrons. The van der Waals surface area contributed by atoms with Gasteiger partial charge in [-0.15, -0.1) is 12.4 Å². The minimum atomic E-state index is -0.00607. The molecule has 1 aromatic carbocycles. The normalized spacial score (nSPS) is 21.4. The van der Waals surface area contributed by atoms with Gasteiger partial charge < -0.3 is 15.1 Å². The Morgan fingerprint density at radius 2 is 1.93 bits per heavy atom. The largest absolute Gasteiger partial charge is 0.341 e. The third-order valence-electron chi connectivity index (χ3n) is 5.84. The van der Waals surface area contributed by atoms with Crippen molar-refractivity contribution in [3.8, 4) is 0 Å². The highest BCUT2D eigenvalue weighted by atomic mass is 35.5. The summed E-state index contributed by atoms with van der Waals surface area (Å²) >= 11 is 6.01. The summed E-state index contributed by atoms with van der Waals surface area (Å²) < 4.78 is 0. The quantitative estimate of drug-likeness (QED) is 0.799. The number of nitrogens with one attached hydrogen (secondary N) is 1. The summed E-state index contributed by atoms with van der Waals surface area (Å²) in [6.45, 7) is 6.92. The lowest BCUT2D eigenvalue weighted by molar-refractivity contribution is -0.132. The van der Waals surface area contributed by atoms with Crippen LogP contribution in [0.15, 0.2) is 24.3 Å². The second-order valence-electron chi connectivity index (χ2n) is 7.82. The van der Waals surface area contributed by atoms with Crippen molar-refractivity contribution in [2.75, 3.05) is 39.3 Å². The van der Waals surface area contributed by atoms with E-state index in [4.69, 9.17) is 11.6 Å². The fraction of sp³-hybridized carbons (Fsp3) is 0.619. The molecule has 2 unspecified atom stereocenters. The summed E-state index contributed by atoms with van der Waals surface area (Å²) in [5.41, 5.74) is 0.612. The standard InChI is InChI=1S/C21H30ClN3O2.ClH/c1-16(18-6-3-8-23-15-18)13-20(26)24-9-4-10-25(12-11-24)21(27)17-5-2-7-19(22)14-17;/h2,5,7,14,16,18,23H,3-4,6,8-13,15H2,1H3;1H. The Balaban J connectivity index is 0.00000280. The van der Waals surface area contributed by atoms with Crippen LogP contribution in [-0.4, -0.2) is 60.9 Å². The van der Waals surface area contributed by atoms with Crippen LogP contribution in [0.1, 0.15) is 43.0 Å². The zero-order valence-corrected chi connectivity index (χ0v) is 18.1. The summed E-state index contributed by atoms with van der Waals surface area (Å²) in [7, 11) is 0. The average Bonchev–Trinajstić information content (AvgIpc) is 2.94. The topological polar surface area (TPSA) is 52.7 Å². The van der Waals surface area contributed by atoms with Gasteiger partial charge in [-0.25, -0.2) is 0 Å². The molecule has 3 rings (SSSR count). The Morgan fingerprint density at radius 1 is 1.18 bits per heavy atom. The zero-order valence-electron chi connectivity index (χ0n) is 16.5. The number of rotatable bonds is 4. The molecule has 2 fully saturated rings. The second-order valence-corrected chi connectivity index (χ2v) is 8.26. The van der Waals surface area contributed by atoms with Crippen LogP contribution in [-0.2, 0) is 4.79 Å². The molecule has 0 saturated carbocycles. The molecular weight excluding hydrogens is 397 g/mol. The van der Waals surface area contributed by atoms with Crippen molar-refractivity contribution < 1.29 is 9.59 Å². The van der Waals surface area contributed by atoms with Crippen LogP contribution in [0.2, 0.25) is 5.02 Å². The van der Waals surface area contributed by atoms with E-state index in [-0.39, 0.29) is 24.2 Å².